The topological polar surface area (TPSA) is 48.1 Å². The summed E-state index contributed by atoms with van der Waals surface area (Å²) in [4.78, 5) is 4.60. The molecule has 2 N–H and O–H groups in total. The van der Waals surface area contributed by atoms with Gasteiger partial charge in [0.05, 0.1) is 21.8 Å². The summed E-state index contributed by atoms with van der Waals surface area (Å²) in [6, 6.07) is 8.21. The molecule has 4 heteroatoms. The lowest BCUT2D eigenvalue weighted by atomic mass is 9.96. The first-order chi connectivity index (χ1) is 7.75. The van der Waals surface area contributed by atoms with Gasteiger partial charge in [-0.15, -0.1) is 11.3 Å². The number of hydrogen-bond donors (Lipinski definition) is 1. The second-order valence-corrected chi connectivity index (χ2v) is 5.53. The quantitative estimate of drug-likeness (QED) is 0.864. The molecule has 2 heterocycles. The Morgan fingerprint density at radius 1 is 1.44 bits per heavy atom. The summed E-state index contributed by atoms with van der Waals surface area (Å²) < 4.78 is 6.59. The number of rotatable bonds is 2. The fourth-order valence-corrected chi connectivity index (χ4v) is 3.18. The van der Waals surface area contributed by atoms with E-state index in [0.29, 0.717) is 6.61 Å². The molecule has 1 aromatic heterocycles. The molecule has 3 rings (SSSR count). The summed E-state index contributed by atoms with van der Waals surface area (Å²) in [5.74, 6) is 0. The Bertz CT molecular complexity index is 469. The molecule has 2 aromatic rings. The highest BCUT2D eigenvalue weighted by atomic mass is 32.1. The van der Waals surface area contributed by atoms with Crippen molar-refractivity contribution in [1.29, 1.82) is 0 Å². The number of nitrogens with two attached hydrogens (primary N) is 1. The molecule has 84 valence electrons. The molecular weight excluding hydrogens is 220 g/mol. The number of nitrogens with zero attached hydrogens (tertiary/aromatic N) is 1. The van der Waals surface area contributed by atoms with E-state index in [-0.39, 0.29) is 5.54 Å². The van der Waals surface area contributed by atoms with Crippen molar-refractivity contribution in [2.75, 3.05) is 13.2 Å². The van der Waals surface area contributed by atoms with E-state index in [9.17, 15) is 0 Å². The maximum Gasteiger partial charge on any atom is 0.0957 e. The van der Waals surface area contributed by atoms with Crippen LogP contribution in [0.15, 0.2) is 24.3 Å². The van der Waals surface area contributed by atoms with E-state index in [2.05, 4.69) is 11.1 Å². The summed E-state index contributed by atoms with van der Waals surface area (Å²) in [6.45, 7) is 1.43. The largest absolute Gasteiger partial charge is 0.379 e. The van der Waals surface area contributed by atoms with Crippen LogP contribution in [0.25, 0.3) is 10.2 Å². The van der Waals surface area contributed by atoms with Crippen LogP contribution in [0.3, 0.4) is 0 Å². The van der Waals surface area contributed by atoms with Crippen molar-refractivity contribution >= 4 is 21.6 Å². The monoisotopic (exact) mass is 234 g/mol. The van der Waals surface area contributed by atoms with Gasteiger partial charge in [0.15, 0.2) is 0 Å². The third kappa shape index (κ3) is 1.84. The van der Waals surface area contributed by atoms with E-state index < -0.39 is 0 Å². The summed E-state index contributed by atoms with van der Waals surface area (Å²) >= 11 is 1.74. The number of ether oxygens (including phenoxy) is 1. The van der Waals surface area contributed by atoms with Crippen LogP contribution >= 0.6 is 11.3 Å². The first-order valence-corrected chi connectivity index (χ1v) is 6.28. The molecule has 0 bridgehead atoms. The molecule has 1 aliphatic heterocycles. The molecule has 1 atom stereocenters. The SMILES string of the molecule is NC1(Cc2nc3ccccc3s2)CCOC1. The summed E-state index contributed by atoms with van der Waals surface area (Å²) in [5.41, 5.74) is 7.13. The van der Waals surface area contributed by atoms with Crippen molar-refractivity contribution in [3.63, 3.8) is 0 Å². The minimum atomic E-state index is -0.201. The predicted molar refractivity (Wildman–Crippen MR) is 65.7 cm³/mol. The predicted octanol–water partition coefficient (Wildman–Crippen LogP) is 1.96. The van der Waals surface area contributed by atoms with Gasteiger partial charge in [-0.1, -0.05) is 12.1 Å². The molecular formula is C12H14N2OS. The molecule has 1 aromatic carbocycles. The first kappa shape index (κ1) is 10.2. The zero-order valence-corrected chi connectivity index (χ0v) is 9.80. The smallest absolute Gasteiger partial charge is 0.0957 e. The van der Waals surface area contributed by atoms with Crippen LogP contribution in [0, 0.1) is 0 Å². The van der Waals surface area contributed by atoms with E-state index in [0.717, 1.165) is 30.0 Å². The Kier molecular flexibility index (Phi) is 2.42. The lowest BCUT2D eigenvalue weighted by molar-refractivity contribution is 0.178. The van der Waals surface area contributed by atoms with Crippen molar-refractivity contribution in [2.45, 2.75) is 18.4 Å². The van der Waals surface area contributed by atoms with Gasteiger partial charge >= 0.3 is 0 Å². The Morgan fingerprint density at radius 3 is 3.06 bits per heavy atom. The highest BCUT2D eigenvalue weighted by Gasteiger charge is 2.31. The van der Waals surface area contributed by atoms with Gasteiger partial charge in [-0.3, -0.25) is 0 Å². The summed E-state index contributed by atoms with van der Waals surface area (Å²) in [5, 5.41) is 1.12. The number of fused-ring (bicyclic) bond motifs is 1. The molecule has 1 unspecified atom stereocenters. The van der Waals surface area contributed by atoms with Crippen LogP contribution < -0.4 is 5.73 Å². The first-order valence-electron chi connectivity index (χ1n) is 5.46. The Balaban J connectivity index is 1.89. The van der Waals surface area contributed by atoms with Crippen molar-refractivity contribution in [1.82, 2.24) is 4.98 Å². The molecule has 0 amide bonds. The third-order valence-electron chi connectivity index (χ3n) is 2.98. The van der Waals surface area contributed by atoms with Gasteiger partial charge in [-0.25, -0.2) is 4.98 Å². The maximum absolute atomic E-state index is 6.25. The molecule has 1 aliphatic rings. The second-order valence-electron chi connectivity index (χ2n) is 4.42. The average molecular weight is 234 g/mol. The van der Waals surface area contributed by atoms with Crippen molar-refractivity contribution in [3.05, 3.63) is 29.3 Å². The minimum absolute atomic E-state index is 0.201. The molecule has 0 radical (unpaired) electrons. The van der Waals surface area contributed by atoms with Crippen LogP contribution in [0.2, 0.25) is 0 Å². The number of thiazole rings is 1. The third-order valence-corrected chi connectivity index (χ3v) is 4.01. The summed E-state index contributed by atoms with van der Waals surface area (Å²) in [6.07, 6.45) is 1.76. The average Bonchev–Trinajstić information content (AvgIpc) is 2.84. The fraction of sp³-hybridized carbons (Fsp3) is 0.417. The van der Waals surface area contributed by atoms with Gasteiger partial charge in [-0.05, 0) is 18.6 Å². The Morgan fingerprint density at radius 2 is 2.31 bits per heavy atom. The van der Waals surface area contributed by atoms with E-state index in [1.165, 1.54) is 4.70 Å². The van der Waals surface area contributed by atoms with Crippen LogP contribution in [0.4, 0.5) is 0 Å². The van der Waals surface area contributed by atoms with Crippen molar-refractivity contribution in [2.24, 2.45) is 5.73 Å². The molecule has 1 fully saturated rings. The zero-order valence-electron chi connectivity index (χ0n) is 8.98. The highest BCUT2D eigenvalue weighted by molar-refractivity contribution is 7.18. The molecule has 1 saturated heterocycles. The van der Waals surface area contributed by atoms with Crippen molar-refractivity contribution in [3.8, 4) is 0 Å². The molecule has 0 spiro atoms. The van der Waals surface area contributed by atoms with E-state index >= 15 is 0 Å². The van der Waals surface area contributed by atoms with Gasteiger partial charge < -0.3 is 10.5 Å². The highest BCUT2D eigenvalue weighted by Crippen LogP contribution is 2.27. The van der Waals surface area contributed by atoms with Gasteiger partial charge in [0, 0.05) is 18.6 Å². The van der Waals surface area contributed by atoms with E-state index in [1.54, 1.807) is 11.3 Å². The number of para-hydroxylation sites is 1. The Labute approximate surface area is 98.2 Å². The molecule has 0 aliphatic carbocycles. The normalized spacial score (nSPS) is 25.3. The standard InChI is InChI=1S/C12H14N2OS/c13-12(5-6-15-8-12)7-11-14-9-3-1-2-4-10(9)16-11/h1-4H,5-8,13H2. The number of benzene rings is 1. The number of aromatic nitrogens is 1. The van der Waals surface area contributed by atoms with Crippen LogP contribution in [0.1, 0.15) is 11.4 Å². The summed E-state index contributed by atoms with van der Waals surface area (Å²) in [7, 11) is 0. The lowest BCUT2D eigenvalue weighted by Crippen LogP contribution is -2.42. The van der Waals surface area contributed by atoms with Crippen LogP contribution in [-0.4, -0.2) is 23.7 Å². The number of hydrogen-bond acceptors (Lipinski definition) is 4. The van der Waals surface area contributed by atoms with Crippen molar-refractivity contribution < 1.29 is 4.74 Å². The Hall–Kier alpha value is -0.970. The van der Waals surface area contributed by atoms with Gasteiger partial charge in [0.1, 0.15) is 0 Å². The van der Waals surface area contributed by atoms with E-state index in [4.69, 9.17) is 10.5 Å². The second kappa shape index (κ2) is 3.80. The van der Waals surface area contributed by atoms with E-state index in [1.807, 2.05) is 18.2 Å². The molecule has 0 saturated carbocycles. The minimum Gasteiger partial charge on any atom is -0.379 e. The zero-order chi connectivity index (χ0) is 11.0. The maximum atomic E-state index is 6.25. The van der Waals surface area contributed by atoms with Crippen LogP contribution in [0.5, 0.6) is 0 Å². The lowest BCUT2D eigenvalue weighted by Gasteiger charge is -2.19. The van der Waals surface area contributed by atoms with Crippen LogP contribution in [-0.2, 0) is 11.2 Å². The fourth-order valence-electron chi connectivity index (χ4n) is 2.06. The van der Waals surface area contributed by atoms with Gasteiger partial charge in [0.2, 0.25) is 0 Å². The van der Waals surface area contributed by atoms with Gasteiger partial charge in [0.25, 0.3) is 0 Å². The molecule has 3 nitrogen and oxygen atoms in total. The van der Waals surface area contributed by atoms with Gasteiger partial charge in [-0.2, -0.15) is 0 Å². The molecule has 16 heavy (non-hydrogen) atoms.